The standard InChI is InChI=1S/C20H19BrN4O3/c21-18-3-1-2-14(22-18)19(26)23-15-11-17-16(10-13(15)12-4-5-12)24-20(28-17)25-6-8-27-9-7-25/h1-3,10-12H,4-9H2,(H,23,26). The minimum absolute atomic E-state index is 0.240. The third kappa shape index (κ3) is 3.49. The number of pyridine rings is 1. The van der Waals surface area contributed by atoms with Crippen molar-refractivity contribution < 1.29 is 13.9 Å². The van der Waals surface area contributed by atoms with Crippen LogP contribution in [0.3, 0.4) is 0 Å². The molecule has 0 bridgehead atoms. The van der Waals surface area contributed by atoms with Gasteiger partial charge in [-0.05, 0) is 58.5 Å². The Hall–Kier alpha value is -2.45. The SMILES string of the molecule is O=C(Nc1cc2oc(N3CCOCC3)nc2cc1C1CC1)c1cccc(Br)n1. The van der Waals surface area contributed by atoms with E-state index in [0.717, 1.165) is 42.7 Å². The van der Waals surface area contributed by atoms with E-state index in [1.165, 1.54) is 0 Å². The molecule has 1 amide bonds. The van der Waals surface area contributed by atoms with Gasteiger partial charge in [0.25, 0.3) is 11.9 Å². The molecule has 5 rings (SSSR count). The fraction of sp³-hybridized carbons (Fsp3) is 0.350. The van der Waals surface area contributed by atoms with Crippen molar-refractivity contribution in [2.45, 2.75) is 18.8 Å². The van der Waals surface area contributed by atoms with Crippen LogP contribution in [0.25, 0.3) is 11.1 Å². The number of hydrogen-bond acceptors (Lipinski definition) is 6. The number of benzene rings is 1. The first kappa shape index (κ1) is 17.6. The van der Waals surface area contributed by atoms with Gasteiger partial charge in [-0.2, -0.15) is 4.98 Å². The summed E-state index contributed by atoms with van der Waals surface area (Å²) < 4.78 is 12.0. The molecule has 28 heavy (non-hydrogen) atoms. The van der Waals surface area contributed by atoms with Crippen molar-refractivity contribution in [2.75, 3.05) is 36.5 Å². The summed E-state index contributed by atoms with van der Waals surface area (Å²) >= 11 is 3.31. The van der Waals surface area contributed by atoms with Crippen LogP contribution in [0.5, 0.6) is 0 Å². The van der Waals surface area contributed by atoms with E-state index in [4.69, 9.17) is 9.15 Å². The Morgan fingerprint density at radius 3 is 2.75 bits per heavy atom. The summed E-state index contributed by atoms with van der Waals surface area (Å²) in [6, 6.07) is 9.82. The van der Waals surface area contributed by atoms with Crippen molar-refractivity contribution in [1.29, 1.82) is 0 Å². The van der Waals surface area contributed by atoms with E-state index in [-0.39, 0.29) is 5.91 Å². The monoisotopic (exact) mass is 442 g/mol. The fourth-order valence-electron chi connectivity index (χ4n) is 3.43. The van der Waals surface area contributed by atoms with Gasteiger partial charge in [-0.1, -0.05) is 6.07 Å². The summed E-state index contributed by atoms with van der Waals surface area (Å²) in [7, 11) is 0. The lowest BCUT2D eigenvalue weighted by atomic mass is 10.1. The first-order chi connectivity index (χ1) is 13.7. The molecule has 1 saturated heterocycles. The summed E-state index contributed by atoms with van der Waals surface area (Å²) in [6.45, 7) is 2.88. The highest BCUT2D eigenvalue weighted by Crippen LogP contribution is 2.45. The van der Waals surface area contributed by atoms with Crippen LogP contribution in [0, 0.1) is 0 Å². The summed E-state index contributed by atoms with van der Waals surface area (Å²) in [5, 5.41) is 3.01. The Labute approximate surface area is 170 Å². The van der Waals surface area contributed by atoms with E-state index < -0.39 is 0 Å². The zero-order valence-corrected chi connectivity index (χ0v) is 16.7. The molecule has 1 aromatic carbocycles. The van der Waals surface area contributed by atoms with E-state index in [0.29, 0.717) is 41.0 Å². The number of rotatable bonds is 4. The van der Waals surface area contributed by atoms with E-state index in [2.05, 4.69) is 36.1 Å². The van der Waals surface area contributed by atoms with Gasteiger partial charge in [0, 0.05) is 24.8 Å². The highest BCUT2D eigenvalue weighted by atomic mass is 79.9. The summed E-state index contributed by atoms with van der Waals surface area (Å²) in [4.78, 5) is 23.7. The van der Waals surface area contributed by atoms with Crippen molar-refractivity contribution in [3.8, 4) is 0 Å². The molecule has 2 aliphatic rings. The van der Waals surface area contributed by atoms with Gasteiger partial charge in [0.05, 0.1) is 13.2 Å². The van der Waals surface area contributed by atoms with Crippen LogP contribution < -0.4 is 10.2 Å². The second-order valence-electron chi connectivity index (χ2n) is 7.08. The Kier molecular flexibility index (Phi) is 4.52. The predicted molar refractivity (Wildman–Crippen MR) is 109 cm³/mol. The van der Waals surface area contributed by atoms with E-state index in [1.54, 1.807) is 18.2 Å². The van der Waals surface area contributed by atoms with Gasteiger partial charge in [0.1, 0.15) is 15.8 Å². The predicted octanol–water partition coefficient (Wildman–Crippen LogP) is 3.95. The van der Waals surface area contributed by atoms with Crippen LogP contribution in [0.2, 0.25) is 0 Å². The zero-order chi connectivity index (χ0) is 19.1. The van der Waals surface area contributed by atoms with Crippen LogP contribution in [0.1, 0.15) is 34.8 Å². The van der Waals surface area contributed by atoms with Crippen molar-refractivity contribution in [2.24, 2.45) is 0 Å². The summed E-state index contributed by atoms with van der Waals surface area (Å²) in [5.41, 5.74) is 3.73. The number of aromatic nitrogens is 2. The van der Waals surface area contributed by atoms with Crippen LogP contribution >= 0.6 is 15.9 Å². The molecule has 8 heteroatoms. The first-order valence-corrected chi connectivity index (χ1v) is 10.2. The Morgan fingerprint density at radius 1 is 1.18 bits per heavy atom. The van der Waals surface area contributed by atoms with E-state index in [1.807, 2.05) is 12.1 Å². The Morgan fingerprint density at radius 2 is 2.00 bits per heavy atom. The molecule has 2 aromatic heterocycles. The number of halogens is 1. The van der Waals surface area contributed by atoms with Gasteiger partial charge in [-0.15, -0.1) is 0 Å². The number of carbonyl (C=O) groups is 1. The lowest BCUT2D eigenvalue weighted by Crippen LogP contribution is -2.36. The highest BCUT2D eigenvalue weighted by Gasteiger charge is 2.28. The molecular weight excluding hydrogens is 424 g/mol. The molecule has 3 aromatic rings. The van der Waals surface area contributed by atoms with Crippen LogP contribution in [0.4, 0.5) is 11.7 Å². The minimum atomic E-state index is -0.240. The molecule has 1 aliphatic carbocycles. The highest BCUT2D eigenvalue weighted by molar-refractivity contribution is 9.10. The lowest BCUT2D eigenvalue weighted by Gasteiger charge is -2.24. The molecule has 3 heterocycles. The molecular formula is C20H19BrN4O3. The summed E-state index contributed by atoms with van der Waals surface area (Å²) in [6.07, 6.45) is 2.25. The fourth-order valence-corrected chi connectivity index (χ4v) is 3.77. The first-order valence-electron chi connectivity index (χ1n) is 9.38. The average molecular weight is 443 g/mol. The molecule has 2 fully saturated rings. The van der Waals surface area contributed by atoms with Crippen LogP contribution in [-0.4, -0.2) is 42.2 Å². The molecule has 0 spiro atoms. The van der Waals surface area contributed by atoms with E-state index >= 15 is 0 Å². The smallest absolute Gasteiger partial charge is 0.298 e. The lowest BCUT2D eigenvalue weighted by molar-refractivity contribution is 0.102. The van der Waals surface area contributed by atoms with Gasteiger partial charge in [-0.25, -0.2) is 4.98 Å². The number of nitrogens with zero attached hydrogens (tertiary/aromatic N) is 3. The van der Waals surface area contributed by atoms with Crippen molar-refractivity contribution >= 4 is 44.6 Å². The Bertz CT molecular complexity index is 1040. The topological polar surface area (TPSA) is 80.5 Å². The average Bonchev–Trinajstić information content (AvgIpc) is 3.47. The van der Waals surface area contributed by atoms with Crippen molar-refractivity contribution in [1.82, 2.24) is 9.97 Å². The van der Waals surface area contributed by atoms with Gasteiger partial charge in [0.15, 0.2) is 5.58 Å². The third-order valence-corrected chi connectivity index (χ3v) is 5.48. The normalized spacial score (nSPS) is 17.1. The number of ether oxygens (including phenoxy) is 1. The molecule has 1 N–H and O–H groups in total. The van der Waals surface area contributed by atoms with Gasteiger partial charge in [0.2, 0.25) is 0 Å². The maximum absolute atomic E-state index is 12.7. The number of amides is 1. The minimum Gasteiger partial charge on any atom is -0.423 e. The molecule has 1 aliphatic heterocycles. The molecule has 1 saturated carbocycles. The second-order valence-corrected chi connectivity index (χ2v) is 7.89. The number of anilines is 2. The van der Waals surface area contributed by atoms with Crippen LogP contribution in [-0.2, 0) is 4.74 Å². The number of nitrogens with one attached hydrogen (secondary N) is 1. The Balaban J connectivity index is 1.48. The van der Waals surface area contributed by atoms with Crippen LogP contribution in [0.15, 0.2) is 39.4 Å². The number of carbonyl (C=O) groups excluding carboxylic acids is 1. The van der Waals surface area contributed by atoms with Gasteiger partial charge >= 0.3 is 0 Å². The van der Waals surface area contributed by atoms with E-state index in [9.17, 15) is 4.79 Å². The molecule has 0 atom stereocenters. The van der Waals surface area contributed by atoms with Crippen molar-refractivity contribution in [3.63, 3.8) is 0 Å². The maximum Gasteiger partial charge on any atom is 0.298 e. The quantitative estimate of drug-likeness (QED) is 0.616. The molecule has 0 radical (unpaired) electrons. The molecule has 144 valence electrons. The maximum atomic E-state index is 12.7. The number of fused-ring (bicyclic) bond motifs is 1. The second kappa shape index (κ2) is 7.18. The number of oxazole rings is 1. The summed E-state index contributed by atoms with van der Waals surface area (Å²) in [5.74, 6) is 0.217. The zero-order valence-electron chi connectivity index (χ0n) is 15.2. The third-order valence-electron chi connectivity index (χ3n) is 5.04. The molecule has 0 unspecified atom stereocenters. The van der Waals surface area contributed by atoms with Gasteiger partial charge in [-0.3, -0.25) is 4.79 Å². The van der Waals surface area contributed by atoms with Crippen molar-refractivity contribution in [3.05, 3.63) is 46.2 Å². The van der Waals surface area contributed by atoms with Gasteiger partial charge < -0.3 is 19.4 Å². The molecule has 7 nitrogen and oxygen atoms in total. The number of morpholine rings is 1. The largest absolute Gasteiger partial charge is 0.423 e. The number of hydrogen-bond donors (Lipinski definition) is 1.